The molecule has 5 heteroatoms. The van der Waals surface area contributed by atoms with Gasteiger partial charge in [-0.25, -0.2) is 0 Å². The Kier molecular flexibility index (Phi) is 6.54. The van der Waals surface area contributed by atoms with Crippen LogP contribution in [0.1, 0.15) is 31.2 Å². The highest BCUT2D eigenvalue weighted by Gasteiger charge is 2.26. The number of ether oxygens (including phenoxy) is 1. The largest absolute Gasteiger partial charge is 0.490 e. The minimum Gasteiger partial charge on any atom is -0.490 e. The first-order chi connectivity index (χ1) is 12.5. The molecule has 2 fully saturated rings. The van der Waals surface area contributed by atoms with Crippen molar-refractivity contribution in [3.63, 3.8) is 0 Å². The van der Waals surface area contributed by atoms with Crippen LogP contribution in [0.2, 0.25) is 0 Å². The first-order valence-electron chi connectivity index (χ1n) is 9.91. The van der Waals surface area contributed by atoms with Gasteiger partial charge in [0, 0.05) is 51.5 Å². The van der Waals surface area contributed by atoms with Gasteiger partial charge in [-0.1, -0.05) is 17.7 Å². The predicted molar refractivity (Wildman–Crippen MR) is 105 cm³/mol. The van der Waals surface area contributed by atoms with Gasteiger partial charge in [-0.05, 0) is 46.1 Å². The third kappa shape index (κ3) is 5.21. The zero-order chi connectivity index (χ0) is 18.5. The van der Waals surface area contributed by atoms with E-state index in [0.29, 0.717) is 12.5 Å². The molecular weight excluding hydrogens is 326 g/mol. The molecule has 2 aliphatic heterocycles. The molecule has 3 rings (SSSR count). The van der Waals surface area contributed by atoms with Crippen LogP contribution in [0.5, 0.6) is 5.75 Å². The molecule has 1 unspecified atom stereocenters. The van der Waals surface area contributed by atoms with Crippen molar-refractivity contribution in [1.29, 1.82) is 0 Å². The lowest BCUT2D eigenvalue weighted by Gasteiger charge is -2.33. The number of rotatable bonds is 6. The van der Waals surface area contributed by atoms with Gasteiger partial charge in [0.25, 0.3) is 0 Å². The second-order valence-electron chi connectivity index (χ2n) is 7.95. The minimum atomic E-state index is 0.221. The van der Waals surface area contributed by atoms with Crippen molar-refractivity contribution in [1.82, 2.24) is 14.7 Å². The van der Waals surface area contributed by atoms with E-state index >= 15 is 0 Å². The van der Waals surface area contributed by atoms with Crippen molar-refractivity contribution in [2.75, 3.05) is 46.8 Å². The second kappa shape index (κ2) is 8.87. The molecule has 0 bridgehead atoms. The maximum absolute atomic E-state index is 12.5. The van der Waals surface area contributed by atoms with E-state index in [2.05, 4.69) is 43.0 Å². The average molecular weight is 360 g/mol. The second-order valence-corrected chi connectivity index (χ2v) is 7.95. The SMILES string of the molecule is Cc1ccc(OC2CCN(C(=O)CCN(C)C3CCN(C)C3)CC2)cc1. The molecule has 144 valence electrons. The highest BCUT2D eigenvalue weighted by atomic mass is 16.5. The zero-order valence-electron chi connectivity index (χ0n) is 16.5. The fraction of sp³-hybridized carbons (Fsp3) is 0.667. The standard InChI is InChI=1S/C21H33N3O2/c1-17-4-6-19(7-5-17)26-20-9-14-24(15-10-20)21(25)11-13-23(3)18-8-12-22(2)16-18/h4-7,18,20H,8-16H2,1-3H3. The molecule has 26 heavy (non-hydrogen) atoms. The van der Waals surface area contributed by atoms with Gasteiger partial charge >= 0.3 is 0 Å². The van der Waals surface area contributed by atoms with Crippen LogP contribution < -0.4 is 4.74 Å². The van der Waals surface area contributed by atoms with Gasteiger partial charge in [0.05, 0.1) is 0 Å². The van der Waals surface area contributed by atoms with Crippen molar-refractivity contribution in [2.45, 2.75) is 44.8 Å². The van der Waals surface area contributed by atoms with Crippen molar-refractivity contribution >= 4 is 5.91 Å². The number of carbonyl (C=O) groups excluding carboxylic acids is 1. The Morgan fingerprint density at radius 2 is 1.85 bits per heavy atom. The first-order valence-corrected chi connectivity index (χ1v) is 9.91. The Morgan fingerprint density at radius 3 is 2.46 bits per heavy atom. The van der Waals surface area contributed by atoms with Gasteiger partial charge in [-0.3, -0.25) is 4.79 Å². The Labute approximate surface area is 157 Å². The van der Waals surface area contributed by atoms with Gasteiger partial charge in [0.2, 0.25) is 5.91 Å². The normalized spacial score (nSPS) is 22.2. The van der Waals surface area contributed by atoms with Crippen LogP contribution in [0.4, 0.5) is 0 Å². The van der Waals surface area contributed by atoms with Gasteiger partial charge in [-0.15, -0.1) is 0 Å². The lowest BCUT2D eigenvalue weighted by atomic mass is 10.1. The van der Waals surface area contributed by atoms with Crippen molar-refractivity contribution in [2.24, 2.45) is 0 Å². The molecular formula is C21H33N3O2. The lowest BCUT2D eigenvalue weighted by Crippen LogP contribution is -2.43. The molecule has 0 aliphatic carbocycles. The highest BCUT2D eigenvalue weighted by Crippen LogP contribution is 2.20. The van der Waals surface area contributed by atoms with Crippen LogP contribution in [-0.4, -0.2) is 79.6 Å². The molecule has 1 atom stereocenters. The van der Waals surface area contributed by atoms with Crippen LogP contribution in [0.3, 0.4) is 0 Å². The fourth-order valence-corrected chi connectivity index (χ4v) is 3.92. The maximum atomic E-state index is 12.5. The van der Waals surface area contributed by atoms with E-state index in [9.17, 15) is 4.79 Å². The quantitative estimate of drug-likeness (QED) is 0.781. The molecule has 0 spiro atoms. The van der Waals surface area contributed by atoms with E-state index in [-0.39, 0.29) is 12.0 Å². The lowest BCUT2D eigenvalue weighted by molar-refractivity contribution is -0.133. The molecule has 1 aromatic carbocycles. The van der Waals surface area contributed by atoms with E-state index in [0.717, 1.165) is 51.3 Å². The monoisotopic (exact) mass is 359 g/mol. The summed E-state index contributed by atoms with van der Waals surface area (Å²) in [6.07, 6.45) is 3.90. The number of nitrogens with zero attached hydrogens (tertiary/aromatic N) is 3. The van der Waals surface area contributed by atoms with Crippen LogP contribution >= 0.6 is 0 Å². The van der Waals surface area contributed by atoms with E-state index in [4.69, 9.17) is 4.74 Å². The van der Waals surface area contributed by atoms with E-state index in [1.807, 2.05) is 17.0 Å². The van der Waals surface area contributed by atoms with Gasteiger partial charge < -0.3 is 19.4 Å². The smallest absolute Gasteiger partial charge is 0.223 e. The van der Waals surface area contributed by atoms with Crippen molar-refractivity contribution < 1.29 is 9.53 Å². The van der Waals surface area contributed by atoms with Gasteiger partial charge in [-0.2, -0.15) is 0 Å². The van der Waals surface area contributed by atoms with E-state index < -0.39 is 0 Å². The summed E-state index contributed by atoms with van der Waals surface area (Å²) in [7, 11) is 4.32. The summed E-state index contributed by atoms with van der Waals surface area (Å²) < 4.78 is 6.06. The molecule has 5 nitrogen and oxygen atoms in total. The first kappa shape index (κ1) is 19.2. The molecule has 2 heterocycles. The summed E-state index contributed by atoms with van der Waals surface area (Å²) in [5, 5.41) is 0. The topological polar surface area (TPSA) is 36.0 Å². The van der Waals surface area contributed by atoms with Gasteiger partial charge in [0.1, 0.15) is 11.9 Å². The van der Waals surface area contributed by atoms with Crippen LogP contribution in [0, 0.1) is 6.92 Å². The molecule has 1 amide bonds. The van der Waals surface area contributed by atoms with Crippen molar-refractivity contribution in [3.8, 4) is 5.75 Å². The number of hydrogen-bond acceptors (Lipinski definition) is 4. The molecule has 2 aliphatic rings. The Hall–Kier alpha value is -1.59. The maximum Gasteiger partial charge on any atom is 0.223 e. The molecule has 0 radical (unpaired) electrons. The summed E-state index contributed by atoms with van der Waals surface area (Å²) >= 11 is 0. The van der Waals surface area contributed by atoms with Crippen LogP contribution in [0.25, 0.3) is 0 Å². The number of likely N-dealkylation sites (N-methyl/N-ethyl adjacent to an activating group) is 2. The third-order valence-corrected chi connectivity index (χ3v) is 5.79. The minimum absolute atomic E-state index is 0.221. The van der Waals surface area contributed by atoms with Gasteiger partial charge in [0.15, 0.2) is 0 Å². The fourth-order valence-electron chi connectivity index (χ4n) is 3.92. The molecule has 2 saturated heterocycles. The van der Waals surface area contributed by atoms with Crippen molar-refractivity contribution in [3.05, 3.63) is 29.8 Å². The summed E-state index contributed by atoms with van der Waals surface area (Å²) in [5.74, 6) is 1.22. The Balaban J connectivity index is 1.37. The number of benzene rings is 1. The molecule has 0 aromatic heterocycles. The van der Waals surface area contributed by atoms with E-state index in [1.165, 1.54) is 12.0 Å². The molecule has 0 saturated carbocycles. The summed E-state index contributed by atoms with van der Waals surface area (Å²) in [6.45, 7) is 6.84. The highest BCUT2D eigenvalue weighted by molar-refractivity contribution is 5.76. The number of hydrogen-bond donors (Lipinski definition) is 0. The summed E-state index contributed by atoms with van der Waals surface area (Å²) in [4.78, 5) is 19.3. The van der Waals surface area contributed by atoms with Crippen LogP contribution in [-0.2, 0) is 4.79 Å². The Bertz CT molecular complexity index is 581. The number of piperidine rings is 1. The summed E-state index contributed by atoms with van der Waals surface area (Å²) in [5.41, 5.74) is 1.24. The average Bonchev–Trinajstić information content (AvgIpc) is 3.08. The number of carbonyl (C=O) groups is 1. The number of amides is 1. The molecule has 1 aromatic rings. The zero-order valence-corrected chi connectivity index (χ0v) is 16.5. The predicted octanol–water partition coefficient (Wildman–Crippen LogP) is 2.39. The van der Waals surface area contributed by atoms with Crippen LogP contribution in [0.15, 0.2) is 24.3 Å². The number of likely N-dealkylation sites (tertiary alicyclic amines) is 2. The summed E-state index contributed by atoms with van der Waals surface area (Å²) in [6, 6.07) is 8.81. The molecule has 0 N–H and O–H groups in total. The van der Waals surface area contributed by atoms with E-state index in [1.54, 1.807) is 0 Å². The Morgan fingerprint density at radius 1 is 1.15 bits per heavy atom. The third-order valence-electron chi connectivity index (χ3n) is 5.79. The number of aryl methyl sites for hydroxylation is 1.